The first kappa shape index (κ1) is 14.9. The standard InChI is InChI=1S/C13H30N2/c1-8-10-15(13(5,6)7)11-9-14-12(2,3)4/h14H,8-11H2,1-7H3. The van der Waals surface area contributed by atoms with Crippen LogP contribution in [0.5, 0.6) is 0 Å². The minimum atomic E-state index is 0.232. The van der Waals surface area contributed by atoms with Gasteiger partial charge in [0, 0.05) is 24.2 Å². The maximum absolute atomic E-state index is 3.54. The van der Waals surface area contributed by atoms with Crippen LogP contribution < -0.4 is 5.32 Å². The molecule has 0 atom stereocenters. The number of rotatable bonds is 5. The molecule has 92 valence electrons. The van der Waals surface area contributed by atoms with Crippen molar-refractivity contribution in [2.75, 3.05) is 19.6 Å². The lowest BCUT2D eigenvalue weighted by molar-refractivity contribution is 0.134. The topological polar surface area (TPSA) is 15.3 Å². The van der Waals surface area contributed by atoms with Crippen molar-refractivity contribution in [2.24, 2.45) is 0 Å². The van der Waals surface area contributed by atoms with Crippen LogP contribution in [0.2, 0.25) is 0 Å². The molecule has 0 unspecified atom stereocenters. The molecule has 0 aromatic carbocycles. The molecule has 0 aliphatic heterocycles. The van der Waals surface area contributed by atoms with E-state index in [2.05, 4.69) is 58.7 Å². The third kappa shape index (κ3) is 7.80. The maximum atomic E-state index is 3.54. The summed E-state index contributed by atoms with van der Waals surface area (Å²) in [5, 5.41) is 3.54. The first-order valence-corrected chi connectivity index (χ1v) is 6.17. The average molecular weight is 214 g/mol. The molecule has 0 saturated carbocycles. The Morgan fingerprint density at radius 1 is 0.933 bits per heavy atom. The summed E-state index contributed by atoms with van der Waals surface area (Å²) in [6.45, 7) is 19.2. The molecule has 0 saturated heterocycles. The van der Waals surface area contributed by atoms with Crippen molar-refractivity contribution in [2.45, 2.75) is 66.0 Å². The number of nitrogens with zero attached hydrogens (tertiary/aromatic N) is 1. The van der Waals surface area contributed by atoms with E-state index in [0.29, 0.717) is 0 Å². The van der Waals surface area contributed by atoms with E-state index in [1.165, 1.54) is 13.0 Å². The highest BCUT2D eigenvalue weighted by atomic mass is 15.2. The van der Waals surface area contributed by atoms with Crippen molar-refractivity contribution in [3.8, 4) is 0 Å². The van der Waals surface area contributed by atoms with Gasteiger partial charge in [-0.3, -0.25) is 4.90 Å². The van der Waals surface area contributed by atoms with Crippen LogP contribution in [0.1, 0.15) is 54.9 Å². The minimum absolute atomic E-state index is 0.232. The molecule has 0 radical (unpaired) electrons. The van der Waals surface area contributed by atoms with Gasteiger partial charge in [-0.15, -0.1) is 0 Å². The molecule has 0 amide bonds. The van der Waals surface area contributed by atoms with Gasteiger partial charge in [0.15, 0.2) is 0 Å². The van der Waals surface area contributed by atoms with Gasteiger partial charge in [-0.25, -0.2) is 0 Å². The van der Waals surface area contributed by atoms with Crippen molar-refractivity contribution in [3.63, 3.8) is 0 Å². The first-order valence-electron chi connectivity index (χ1n) is 6.17. The summed E-state index contributed by atoms with van der Waals surface area (Å²) in [6.07, 6.45) is 1.23. The van der Waals surface area contributed by atoms with E-state index in [1.54, 1.807) is 0 Å². The molecule has 0 heterocycles. The third-order valence-corrected chi connectivity index (χ3v) is 2.48. The Kier molecular flexibility index (Phi) is 5.82. The second kappa shape index (κ2) is 5.86. The summed E-state index contributed by atoms with van der Waals surface area (Å²) in [4.78, 5) is 2.55. The van der Waals surface area contributed by atoms with Gasteiger partial charge in [0.1, 0.15) is 0 Å². The molecule has 0 spiro atoms. The highest BCUT2D eigenvalue weighted by molar-refractivity contribution is 4.78. The van der Waals surface area contributed by atoms with Gasteiger partial charge < -0.3 is 5.32 Å². The lowest BCUT2D eigenvalue weighted by Crippen LogP contribution is -2.47. The summed E-state index contributed by atoms with van der Waals surface area (Å²) in [6, 6.07) is 0. The molecule has 0 aromatic heterocycles. The number of nitrogens with one attached hydrogen (secondary N) is 1. The van der Waals surface area contributed by atoms with Crippen LogP contribution in [-0.2, 0) is 0 Å². The van der Waals surface area contributed by atoms with E-state index >= 15 is 0 Å². The molecule has 0 aliphatic carbocycles. The van der Waals surface area contributed by atoms with E-state index in [9.17, 15) is 0 Å². The summed E-state index contributed by atoms with van der Waals surface area (Å²) in [5.41, 5.74) is 0.519. The molecule has 1 N–H and O–H groups in total. The van der Waals surface area contributed by atoms with Gasteiger partial charge in [0.25, 0.3) is 0 Å². The Hall–Kier alpha value is -0.0800. The van der Waals surface area contributed by atoms with Gasteiger partial charge >= 0.3 is 0 Å². The van der Waals surface area contributed by atoms with E-state index in [0.717, 1.165) is 13.1 Å². The van der Waals surface area contributed by atoms with Gasteiger partial charge in [-0.1, -0.05) is 6.92 Å². The molecule has 2 nitrogen and oxygen atoms in total. The highest BCUT2D eigenvalue weighted by Crippen LogP contribution is 2.12. The monoisotopic (exact) mass is 214 g/mol. The summed E-state index contributed by atoms with van der Waals surface area (Å²) in [5.74, 6) is 0. The zero-order valence-corrected chi connectivity index (χ0v) is 11.8. The van der Waals surface area contributed by atoms with Crippen LogP contribution >= 0.6 is 0 Å². The van der Waals surface area contributed by atoms with Crippen molar-refractivity contribution in [1.29, 1.82) is 0 Å². The zero-order chi connectivity index (χ0) is 12.1. The van der Waals surface area contributed by atoms with E-state index in [1.807, 2.05) is 0 Å². The summed E-state index contributed by atoms with van der Waals surface area (Å²) >= 11 is 0. The van der Waals surface area contributed by atoms with Crippen LogP contribution in [0, 0.1) is 0 Å². The van der Waals surface area contributed by atoms with Crippen LogP contribution in [0.15, 0.2) is 0 Å². The predicted octanol–water partition coefficient (Wildman–Crippen LogP) is 2.89. The number of hydrogen-bond acceptors (Lipinski definition) is 2. The van der Waals surface area contributed by atoms with E-state index in [4.69, 9.17) is 0 Å². The Morgan fingerprint density at radius 2 is 1.47 bits per heavy atom. The quantitative estimate of drug-likeness (QED) is 0.757. The molecule has 0 aliphatic rings. The molecule has 15 heavy (non-hydrogen) atoms. The van der Waals surface area contributed by atoms with Crippen molar-refractivity contribution >= 4 is 0 Å². The van der Waals surface area contributed by atoms with Crippen LogP contribution in [0.25, 0.3) is 0 Å². The summed E-state index contributed by atoms with van der Waals surface area (Å²) < 4.78 is 0. The lowest BCUT2D eigenvalue weighted by Gasteiger charge is -2.36. The first-order chi connectivity index (χ1) is 6.67. The fourth-order valence-electron chi connectivity index (χ4n) is 1.62. The highest BCUT2D eigenvalue weighted by Gasteiger charge is 2.20. The Labute approximate surface area is 96.4 Å². The largest absolute Gasteiger partial charge is 0.311 e. The maximum Gasteiger partial charge on any atom is 0.0125 e. The molecular formula is C13H30N2. The van der Waals surface area contributed by atoms with Gasteiger partial charge in [0.05, 0.1) is 0 Å². The average Bonchev–Trinajstić information content (AvgIpc) is 1.98. The fraction of sp³-hybridized carbons (Fsp3) is 1.00. The normalized spacial score (nSPS) is 13.6. The smallest absolute Gasteiger partial charge is 0.0125 e. The van der Waals surface area contributed by atoms with E-state index < -0.39 is 0 Å². The third-order valence-electron chi connectivity index (χ3n) is 2.48. The van der Waals surface area contributed by atoms with Crippen LogP contribution in [0.4, 0.5) is 0 Å². The Morgan fingerprint density at radius 3 is 1.80 bits per heavy atom. The second-order valence-corrected chi connectivity index (χ2v) is 6.33. The van der Waals surface area contributed by atoms with Gasteiger partial charge in [-0.2, -0.15) is 0 Å². The Balaban J connectivity index is 3.98. The molecular weight excluding hydrogens is 184 g/mol. The van der Waals surface area contributed by atoms with E-state index in [-0.39, 0.29) is 11.1 Å². The molecule has 0 fully saturated rings. The zero-order valence-electron chi connectivity index (χ0n) is 11.8. The predicted molar refractivity (Wildman–Crippen MR) is 69.4 cm³/mol. The van der Waals surface area contributed by atoms with Crippen molar-refractivity contribution in [3.05, 3.63) is 0 Å². The van der Waals surface area contributed by atoms with Crippen LogP contribution in [-0.4, -0.2) is 35.6 Å². The van der Waals surface area contributed by atoms with Gasteiger partial charge in [0.2, 0.25) is 0 Å². The van der Waals surface area contributed by atoms with Gasteiger partial charge in [-0.05, 0) is 54.5 Å². The second-order valence-electron chi connectivity index (χ2n) is 6.33. The van der Waals surface area contributed by atoms with Crippen LogP contribution in [0.3, 0.4) is 0 Å². The molecule has 2 heteroatoms. The van der Waals surface area contributed by atoms with Crippen molar-refractivity contribution in [1.82, 2.24) is 10.2 Å². The number of hydrogen-bond donors (Lipinski definition) is 1. The SMILES string of the molecule is CCCN(CCNC(C)(C)C)C(C)(C)C. The minimum Gasteiger partial charge on any atom is -0.311 e. The molecule has 0 rings (SSSR count). The fourth-order valence-corrected chi connectivity index (χ4v) is 1.62. The van der Waals surface area contributed by atoms with Crippen molar-refractivity contribution < 1.29 is 0 Å². The lowest BCUT2D eigenvalue weighted by atomic mass is 10.1. The summed E-state index contributed by atoms with van der Waals surface area (Å²) in [7, 11) is 0. The molecule has 0 bridgehead atoms. The molecule has 0 aromatic rings. The Bertz CT molecular complexity index is 162.